The molecule has 6 heteroatoms. The molecule has 0 fully saturated rings. The molecule has 0 aliphatic heterocycles. The van der Waals surface area contributed by atoms with E-state index in [1.54, 1.807) is 24.3 Å². The summed E-state index contributed by atoms with van der Waals surface area (Å²) in [6.07, 6.45) is 1.49. The summed E-state index contributed by atoms with van der Waals surface area (Å²) in [5.74, 6) is 0. The Hall–Kier alpha value is -1.66. The molecule has 1 N–H and O–H groups in total. The Kier molecular flexibility index (Phi) is 4.80. The Labute approximate surface area is 133 Å². The lowest BCUT2D eigenvalue weighted by atomic mass is 10.1. The second-order valence-electron chi connectivity index (χ2n) is 4.67. The Bertz CT molecular complexity index is 769. The molecule has 0 heterocycles. The molecule has 21 heavy (non-hydrogen) atoms. The number of hydrazone groups is 1. The number of aryl methyl sites for hydroxylation is 2. The van der Waals surface area contributed by atoms with Crippen LogP contribution in [0.2, 0.25) is 0 Å². The molecule has 0 saturated carbocycles. The van der Waals surface area contributed by atoms with Crippen molar-refractivity contribution in [1.82, 2.24) is 4.83 Å². The molecule has 0 amide bonds. The summed E-state index contributed by atoms with van der Waals surface area (Å²) in [6.45, 7) is 3.83. The molecule has 0 aromatic heterocycles. The highest BCUT2D eigenvalue weighted by atomic mass is 79.9. The van der Waals surface area contributed by atoms with Crippen LogP contribution in [0, 0.1) is 13.8 Å². The highest BCUT2D eigenvalue weighted by Gasteiger charge is 2.11. The van der Waals surface area contributed by atoms with E-state index in [0.29, 0.717) is 0 Å². The van der Waals surface area contributed by atoms with Gasteiger partial charge in [0.2, 0.25) is 0 Å². The number of rotatable bonds is 4. The van der Waals surface area contributed by atoms with E-state index >= 15 is 0 Å². The van der Waals surface area contributed by atoms with Gasteiger partial charge >= 0.3 is 0 Å². The number of benzene rings is 2. The van der Waals surface area contributed by atoms with Crippen LogP contribution in [0.4, 0.5) is 0 Å². The van der Waals surface area contributed by atoms with Gasteiger partial charge in [0.25, 0.3) is 10.0 Å². The Morgan fingerprint density at radius 1 is 1.10 bits per heavy atom. The van der Waals surface area contributed by atoms with Crippen molar-refractivity contribution >= 4 is 32.2 Å². The van der Waals surface area contributed by atoms with Crippen LogP contribution in [0.5, 0.6) is 0 Å². The maximum Gasteiger partial charge on any atom is 0.276 e. The molecule has 0 unspecified atom stereocenters. The predicted octanol–water partition coefficient (Wildman–Crippen LogP) is 3.38. The van der Waals surface area contributed by atoms with E-state index in [9.17, 15) is 8.42 Å². The van der Waals surface area contributed by atoms with Crippen LogP contribution in [0.25, 0.3) is 0 Å². The van der Waals surface area contributed by atoms with Gasteiger partial charge in [0, 0.05) is 4.47 Å². The summed E-state index contributed by atoms with van der Waals surface area (Å²) in [6, 6.07) is 12.3. The number of hydrogen-bond acceptors (Lipinski definition) is 3. The lowest BCUT2D eigenvalue weighted by Gasteiger charge is -2.04. The van der Waals surface area contributed by atoms with Crippen LogP contribution in [0.15, 0.2) is 56.9 Å². The van der Waals surface area contributed by atoms with Crippen molar-refractivity contribution in [1.29, 1.82) is 0 Å². The summed E-state index contributed by atoms with van der Waals surface area (Å²) in [4.78, 5) is 2.41. The van der Waals surface area contributed by atoms with E-state index in [1.165, 1.54) is 6.21 Å². The number of nitrogens with one attached hydrogen (secondary N) is 1. The standard InChI is InChI=1S/C15H15BrN2O2S/c1-11-3-7-15(8-4-11)21(19,20)18-17-10-13-5-6-14(16)9-12(13)2/h3-10,18H,1-2H3/b17-10+. The summed E-state index contributed by atoms with van der Waals surface area (Å²) < 4.78 is 25.1. The average Bonchev–Trinajstić information content (AvgIpc) is 2.41. The second-order valence-corrected chi connectivity index (χ2v) is 7.24. The molecule has 0 atom stereocenters. The molecule has 4 nitrogen and oxygen atoms in total. The molecular formula is C15H15BrN2O2S. The van der Waals surface area contributed by atoms with E-state index in [2.05, 4.69) is 25.9 Å². The Morgan fingerprint density at radius 3 is 2.38 bits per heavy atom. The molecule has 2 aromatic carbocycles. The molecular weight excluding hydrogens is 352 g/mol. The number of sulfonamides is 1. The van der Waals surface area contributed by atoms with Crippen LogP contribution >= 0.6 is 15.9 Å². The lowest BCUT2D eigenvalue weighted by Crippen LogP contribution is -2.18. The van der Waals surface area contributed by atoms with Crippen molar-refractivity contribution in [3.8, 4) is 0 Å². The zero-order valence-corrected chi connectivity index (χ0v) is 14.1. The normalized spacial score (nSPS) is 11.8. The predicted molar refractivity (Wildman–Crippen MR) is 88.0 cm³/mol. The SMILES string of the molecule is Cc1ccc(S(=O)(=O)N/N=C/c2ccc(Br)cc2C)cc1. The van der Waals surface area contributed by atoms with Gasteiger partial charge in [0.05, 0.1) is 11.1 Å². The molecule has 0 spiro atoms. The van der Waals surface area contributed by atoms with Crippen LogP contribution < -0.4 is 4.83 Å². The van der Waals surface area contributed by atoms with Crippen LogP contribution in [0.3, 0.4) is 0 Å². The molecule has 0 radical (unpaired) electrons. The molecule has 110 valence electrons. The van der Waals surface area contributed by atoms with Gasteiger partial charge in [-0.15, -0.1) is 0 Å². The van der Waals surface area contributed by atoms with Crippen molar-refractivity contribution in [2.75, 3.05) is 0 Å². The van der Waals surface area contributed by atoms with Gasteiger partial charge in [-0.05, 0) is 49.2 Å². The van der Waals surface area contributed by atoms with Gasteiger partial charge in [-0.25, -0.2) is 4.83 Å². The monoisotopic (exact) mass is 366 g/mol. The van der Waals surface area contributed by atoms with E-state index in [4.69, 9.17) is 0 Å². The average molecular weight is 367 g/mol. The quantitative estimate of drug-likeness (QED) is 0.665. The van der Waals surface area contributed by atoms with Gasteiger partial charge in [-0.3, -0.25) is 0 Å². The minimum atomic E-state index is -3.63. The minimum Gasteiger partial charge on any atom is -0.200 e. The smallest absolute Gasteiger partial charge is 0.200 e. The Balaban J connectivity index is 2.14. The molecule has 2 aromatic rings. The maximum absolute atomic E-state index is 12.0. The summed E-state index contributed by atoms with van der Waals surface area (Å²) in [5.41, 5.74) is 2.86. The molecule has 0 saturated heterocycles. The first-order valence-electron chi connectivity index (χ1n) is 6.26. The van der Waals surface area contributed by atoms with Crippen molar-refractivity contribution in [2.45, 2.75) is 18.7 Å². The van der Waals surface area contributed by atoms with E-state index < -0.39 is 10.0 Å². The highest BCUT2D eigenvalue weighted by Crippen LogP contribution is 2.14. The van der Waals surface area contributed by atoms with Gasteiger partial charge in [0.1, 0.15) is 0 Å². The van der Waals surface area contributed by atoms with Crippen molar-refractivity contribution < 1.29 is 8.42 Å². The molecule has 2 rings (SSSR count). The zero-order chi connectivity index (χ0) is 15.5. The van der Waals surface area contributed by atoms with E-state index in [1.807, 2.05) is 32.0 Å². The fourth-order valence-corrected chi connectivity index (χ4v) is 2.99. The third-order valence-electron chi connectivity index (χ3n) is 2.94. The van der Waals surface area contributed by atoms with Crippen LogP contribution in [-0.2, 0) is 10.0 Å². The largest absolute Gasteiger partial charge is 0.276 e. The first-order valence-corrected chi connectivity index (χ1v) is 8.54. The molecule has 0 bridgehead atoms. The number of hydrogen-bond donors (Lipinski definition) is 1. The maximum atomic E-state index is 12.0. The first kappa shape index (κ1) is 15.7. The lowest BCUT2D eigenvalue weighted by molar-refractivity contribution is 0.584. The van der Waals surface area contributed by atoms with Crippen molar-refractivity contribution in [3.05, 3.63) is 63.6 Å². The van der Waals surface area contributed by atoms with Gasteiger partial charge < -0.3 is 0 Å². The zero-order valence-electron chi connectivity index (χ0n) is 11.7. The Morgan fingerprint density at radius 2 is 1.76 bits per heavy atom. The number of nitrogens with zero attached hydrogens (tertiary/aromatic N) is 1. The number of halogens is 1. The van der Waals surface area contributed by atoms with Crippen LogP contribution in [0.1, 0.15) is 16.7 Å². The summed E-state index contributed by atoms with van der Waals surface area (Å²) in [7, 11) is -3.63. The van der Waals surface area contributed by atoms with Gasteiger partial charge in [-0.2, -0.15) is 13.5 Å². The topological polar surface area (TPSA) is 58.5 Å². The summed E-state index contributed by atoms with van der Waals surface area (Å²) in [5, 5.41) is 3.82. The fourth-order valence-electron chi connectivity index (χ4n) is 1.72. The van der Waals surface area contributed by atoms with Crippen LogP contribution in [-0.4, -0.2) is 14.6 Å². The molecule has 0 aliphatic carbocycles. The molecule has 0 aliphatic rings. The van der Waals surface area contributed by atoms with E-state index in [-0.39, 0.29) is 4.90 Å². The minimum absolute atomic E-state index is 0.192. The van der Waals surface area contributed by atoms with E-state index in [0.717, 1.165) is 21.2 Å². The first-order chi connectivity index (χ1) is 9.88. The van der Waals surface area contributed by atoms with Gasteiger partial charge in [0.15, 0.2) is 0 Å². The van der Waals surface area contributed by atoms with Crippen molar-refractivity contribution in [2.24, 2.45) is 5.10 Å². The van der Waals surface area contributed by atoms with Crippen molar-refractivity contribution in [3.63, 3.8) is 0 Å². The third kappa shape index (κ3) is 4.15. The van der Waals surface area contributed by atoms with Gasteiger partial charge in [-0.1, -0.05) is 39.7 Å². The third-order valence-corrected chi connectivity index (χ3v) is 4.67. The second kappa shape index (κ2) is 6.41. The highest BCUT2D eigenvalue weighted by molar-refractivity contribution is 9.10. The fraction of sp³-hybridized carbons (Fsp3) is 0.133. The summed E-state index contributed by atoms with van der Waals surface area (Å²) >= 11 is 3.38.